The predicted molar refractivity (Wildman–Crippen MR) is 98.2 cm³/mol. The van der Waals surface area contributed by atoms with E-state index in [9.17, 15) is 0 Å². The van der Waals surface area contributed by atoms with Gasteiger partial charge in [0.15, 0.2) is 0 Å². The number of aromatic amines is 1. The summed E-state index contributed by atoms with van der Waals surface area (Å²) >= 11 is 0. The second-order valence-corrected chi connectivity index (χ2v) is 5.52. The maximum Gasteiger partial charge on any atom is 0.130 e. The molecule has 2 aromatic heterocycles. The van der Waals surface area contributed by atoms with Gasteiger partial charge < -0.3 is 4.74 Å². The molecule has 0 aliphatic rings. The lowest BCUT2D eigenvalue weighted by Gasteiger charge is -2.08. The summed E-state index contributed by atoms with van der Waals surface area (Å²) in [5.74, 6) is 0.836. The van der Waals surface area contributed by atoms with Gasteiger partial charge in [-0.2, -0.15) is 5.10 Å². The lowest BCUT2D eigenvalue weighted by Crippen LogP contribution is -1.97. The molecule has 0 amide bonds. The number of hydrogen-bond donors (Lipinski definition) is 1. The minimum absolute atomic E-state index is 0.493. The van der Waals surface area contributed by atoms with Crippen LogP contribution in [0.1, 0.15) is 36.2 Å². The van der Waals surface area contributed by atoms with Crippen LogP contribution < -0.4 is 4.74 Å². The first kappa shape index (κ1) is 17.7. The molecular weight excluding hydrogens is 298 g/mol. The summed E-state index contributed by atoms with van der Waals surface area (Å²) in [5.41, 5.74) is 6.58. The summed E-state index contributed by atoms with van der Waals surface area (Å²) in [6.45, 7) is 10.6. The van der Waals surface area contributed by atoms with Gasteiger partial charge in [0.25, 0.3) is 0 Å². The van der Waals surface area contributed by atoms with E-state index in [2.05, 4.69) is 35.1 Å². The molecule has 0 aliphatic carbocycles. The van der Waals surface area contributed by atoms with E-state index < -0.39 is 0 Å². The van der Waals surface area contributed by atoms with E-state index in [4.69, 9.17) is 4.74 Å². The number of aromatic nitrogens is 3. The fourth-order valence-corrected chi connectivity index (χ4v) is 2.40. The van der Waals surface area contributed by atoms with Crippen molar-refractivity contribution in [1.29, 1.82) is 0 Å². The van der Waals surface area contributed by atoms with Crippen LogP contribution in [0.25, 0.3) is 11.3 Å². The Hall–Kier alpha value is -2.62. The number of ether oxygens (including phenoxy) is 1. The first-order valence-corrected chi connectivity index (χ1v) is 8.29. The second kappa shape index (κ2) is 8.29. The third-order valence-corrected chi connectivity index (χ3v) is 3.66. The van der Waals surface area contributed by atoms with Crippen LogP contribution in [0.15, 0.2) is 42.7 Å². The van der Waals surface area contributed by atoms with Gasteiger partial charge in [-0.25, -0.2) is 0 Å². The van der Waals surface area contributed by atoms with Gasteiger partial charge in [-0.05, 0) is 61.7 Å². The third kappa shape index (κ3) is 4.22. The molecule has 24 heavy (non-hydrogen) atoms. The molecule has 0 saturated heterocycles. The minimum Gasteiger partial charge on any atom is -0.487 e. The number of nitrogens with one attached hydrogen (secondary N) is 1. The second-order valence-electron chi connectivity index (χ2n) is 5.52. The highest BCUT2D eigenvalue weighted by Crippen LogP contribution is 2.24. The molecule has 0 fully saturated rings. The fourth-order valence-electron chi connectivity index (χ4n) is 2.40. The smallest absolute Gasteiger partial charge is 0.130 e. The van der Waals surface area contributed by atoms with E-state index in [1.807, 2.05) is 51.2 Å². The summed E-state index contributed by atoms with van der Waals surface area (Å²) in [5, 5.41) is 6.93. The minimum atomic E-state index is 0.493. The fraction of sp³-hybridized carbons (Fsp3) is 0.300. The van der Waals surface area contributed by atoms with Crippen LogP contribution in [0, 0.1) is 20.8 Å². The Morgan fingerprint density at radius 1 is 0.958 bits per heavy atom. The standard InChI is InChI=1S/C18H19N3O.C2H6/c1-12-8-13(2)18(19-9-12)15-4-6-16(7-5-15)22-11-17-14(3)10-20-21-17;1-2/h4-10H,11H2,1-3H3,(H,20,21);1-2H3. The van der Waals surface area contributed by atoms with Crippen LogP contribution in [-0.4, -0.2) is 15.2 Å². The van der Waals surface area contributed by atoms with Crippen LogP contribution in [0.5, 0.6) is 5.75 Å². The average molecular weight is 323 g/mol. The highest BCUT2D eigenvalue weighted by Gasteiger charge is 2.05. The van der Waals surface area contributed by atoms with Crippen molar-refractivity contribution in [2.45, 2.75) is 41.2 Å². The van der Waals surface area contributed by atoms with Gasteiger partial charge in [0.1, 0.15) is 12.4 Å². The first-order chi connectivity index (χ1) is 11.6. The molecule has 0 radical (unpaired) electrons. The summed E-state index contributed by atoms with van der Waals surface area (Å²) in [6.07, 6.45) is 3.70. The zero-order valence-electron chi connectivity index (χ0n) is 15.1. The maximum atomic E-state index is 5.78. The van der Waals surface area contributed by atoms with Crippen molar-refractivity contribution in [1.82, 2.24) is 15.2 Å². The van der Waals surface area contributed by atoms with E-state index in [1.165, 1.54) is 11.1 Å². The van der Waals surface area contributed by atoms with Crippen molar-refractivity contribution < 1.29 is 4.74 Å². The van der Waals surface area contributed by atoms with Gasteiger partial charge in [0.05, 0.1) is 17.6 Å². The van der Waals surface area contributed by atoms with Crippen molar-refractivity contribution in [3.05, 3.63) is 65.1 Å². The molecule has 0 aliphatic heterocycles. The molecule has 3 rings (SSSR count). The van der Waals surface area contributed by atoms with E-state index in [0.29, 0.717) is 6.61 Å². The normalized spacial score (nSPS) is 10.0. The van der Waals surface area contributed by atoms with Gasteiger partial charge in [-0.1, -0.05) is 19.9 Å². The molecule has 4 nitrogen and oxygen atoms in total. The molecule has 0 atom stereocenters. The third-order valence-electron chi connectivity index (χ3n) is 3.66. The Morgan fingerprint density at radius 3 is 2.25 bits per heavy atom. The molecule has 1 N–H and O–H groups in total. The van der Waals surface area contributed by atoms with Gasteiger partial charge in [-0.3, -0.25) is 10.1 Å². The molecular formula is C20H25N3O. The van der Waals surface area contributed by atoms with Gasteiger partial charge in [0.2, 0.25) is 0 Å². The van der Waals surface area contributed by atoms with E-state index >= 15 is 0 Å². The van der Waals surface area contributed by atoms with Gasteiger partial charge >= 0.3 is 0 Å². The van der Waals surface area contributed by atoms with Gasteiger partial charge in [0, 0.05) is 11.8 Å². The lowest BCUT2D eigenvalue weighted by molar-refractivity contribution is 0.300. The highest BCUT2D eigenvalue weighted by molar-refractivity contribution is 5.63. The molecule has 1 aromatic carbocycles. The summed E-state index contributed by atoms with van der Waals surface area (Å²) in [7, 11) is 0. The molecule has 126 valence electrons. The van der Waals surface area contributed by atoms with Crippen LogP contribution in [0.2, 0.25) is 0 Å². The number of rotatable bonds is 4. The maximum absolute atomic E-state index is 5.78. The predicted octanol–water partition coefficient (Wildman–Crippen LogP) is 5.00. The molecule has 2 heterocycles. The molecule has 4 heteroatoms. The number of hydrogen-bond acceptors (Lipinski definition) is 3. The Labute approximate surface area is 143 Å². The number of pyridine rings is 1. The SMILES string of the molecule is CC.Cc1cnc(-c2ccc(OCc3[nH]ncc3C)cc2)c(C)c1. The average Bonchev–Trinajstić information content (AvgIpc) is 3.01. The Morgan fingerprint density at radius 2 is 1.67 bits per heavy atom. The monoisotopic (exact) mass is 323 g/mol. The number of nitrogens with zero attached hydrogens (tertiary/aromatic N) is 2. The molecule has 0 bridgehead atoms. The van der Waals surface area contributed by atoms with Gasteiger partial charge in [-0.15, -0.1) is 0 Å². The summed E-state index contributed by atoms with van der Waals surface area (Å²) in [6, 6.07) is 10.2. The number of H-pyrrole nitrogens is 1. The van der Waals surface area contributed by atoms with Crippen LogP contribution >= 0.6 is 0 Å². The Kier molecular flexibility index (Phi) is 6.13. The van der Waals surface area contributed by atoms with Crippen LogP contribution in [-0.2, 0) is 6.61 Å². The van der Waals surface area contributed by atoms with Crippen molar-refractivity contribution in [2.24, 2.45) is 0 Å². The summed E-state index contributed by atoms with van der Waals surface area (Å²) < 4.78 is 5.78. The van der Waals surface area contributed by atoms with Crippen molar-refractivity contribution >= 4 is 0 Å². The zero-order chi connectivity index (χ0) is 17.5. The number of aryl methyl sites for hydroxylation is 3. The van der Waals surface area contributed by atoms with Crippen LogP contribution in [0.3, 0.4) is 0 Å². The van der Waals surface area contributed by atoms with Crippen LogP contribution in [0.4, 0.5) is 0 Å². The topological polar surface area (TPSA) is 50.8 Å². The highest BCUT2D eigenvalue weighted by atomic mass is 16.5. The van der Waals surface area contributed by atoms with E-state index in [1.54, 1.807) is 6.20 Å². The number of benzene rings is 1. The quantitative estimate of drug-likeness (QED) is 0.735. The van der Waals surface area contributed by atoms with Crippen molar-refractivity contribution in [2.75, 3.05) is 0 Å². The van der Waals surface area contributed by atoms with E-state index in [-0.39, 0.29) is 0 Å². The molecule has 0 spiro atoms. The molecule has 3 aromatic rings. The van der Waals surface area contributed by atoms with E-state index in [0.717, 1.165) is 28.3 Å². The largest absolute Gasteiger partial charge is 0.487 e. The Bertz CT molecular complexity index is 776. The molecule has 0 unspecified atom stereocenters. The van der Waals surface area contributed by atoms with Crippen molar-refractivity contribution in [3.8, 4) is 17.0 Å². The summed E-state index contributed by atoms with van der Waals surface area (Å²) in [4.78, 5) is 4.52. The van der Waals surface area contributed by atoms with Crippen molar-refractivity contribution in [3.63, 3.8) is 0 Å². The zero-order valence-corrected chi connectivity index (χ0v) is 15.1. The molecule has 0 saturated carbocycles. The Balaban J connectivity index is 0.00000100. The lowest BCUT2D eigenvalue weighted by atomic mass is 10.1. The first-order valence-electron chi connectivity index (χ1n) is 8.29.